The lowest BCUT2D eigenvalue weighted by Crippen LogP contribution is -2.64. The summed E-state index contributed by atoms with van der Waals surface area (Å²) >= 11 is 14.3. The summed E-state index contributed by atoms with van der Waals surface area (Å²) in [5, 5.41) is 115. The number of ketones is 2. The zero-order valence-corrected chi connectivity index (χ0v) is 56.0. The maximum Gasteiger partial charge on any atom is 0.237 e. The van der Waals surface area contributed by atoms with Gasteiger partial charge in [-0.05, 0) is 139 Å². The Hall–Kier alpha value is -7.68. The summed E-state index contributed by atoms with van der Waals surface area (Å²) in [6, 6.07) is 13.0. The molecule has 13 rings (SSSR count). The number of benzene rings is 5. The monoisotopic (exact) mass is 1410 g/mol. The largest absolute Gasteiger partial charge is 0.508 e. The predicted molar refractivity (Wildman–Crippen MR) is 352 cm³/mol. The molecule has 4 amide bonds. The van der Waals surface area contributed by atoms with Crippen molar-refractivity contribution in [2.75, 3.05) is 13.7 Å². The number of ether oxygens (including phenoxy) is 6. The molecule has 0 spiro atoms. The van der Waals surface area contributed by atoms with Crippen molar-refractivity contribution >= 4 is 58.4 Å². The molecule has 7 heterocycles. The Morgan fingerprint density at radius 2 is 1.44 bits per heavy atom. The van der Waals surface area contributed by atoms with Gasteiger partial charge in [-0.3, -0.25) is 28.8 Å². The number of aliphatic hydroxyl groups is 8. The molecule has 17 N–H and O–H groups in total. The maximum absolute atomic E-state index is 15.7. The average molecular weight is 1410 g/mol. The minimum atomic E-state index is -2.70. The van der Waals surface area contributed by atoms with Crippen LogP contribution in [-0.4, -0.2) is 162 Å². The van der Waals surface area contributed by atoms with E-state index in [1.54, 1.807) is 13.0 Å². The van der Waals surface area contributed by atoms with E-state index in [2.05, 4.69) is 27.8 Å². The number of nitrogens with one attached hydrogen (secondary N) is 4. The summed E-state index contributed by atoms with van der Waals surface area (Å²) in [7, 11) is 1.54. The lowest BCUT2D eigenvalue weighted by atomic mass is 9.79. The van der Waals surface area contributed by atoms with E-state index in [1.807, 2.05) is 13.8 Å². The van der Waals surface area contributed by atoms with Crippen molar-refractivity contribution in [3.63, 3.8) is 0 Å². The van der Waals surface area contributed by atoms with Crippen LogP contribution in [0.4, 0.5) is 0 Å². The van der Waals surface area contributed by atoms with Gasteiger partial charge in [0.2, 0.25) is 41.5 Å². The summed E-state index contributed by atoms with van der Waals surface area (Å²) in [5.41, 5.74) is 11.6. The fraction of sp³-hybridized carbons (Fsp3) is 0.457. The molecule has 7 aliphatic heterocycles. The van der Waals surface area contributed by atoms with Gasteiger partial charge in [-0.1, -0.05) is 67.9 Å². The second-order valence-corrected chi connectivity index (χ2v) is 27.8. The van der Waals surface area contributed by atoms with Gasteiger partial charge in [0.05, 0.1) is 58.9 Å². The molecule has 0 radical (unpaired) electrons. The Morgan fingerprint density at radius 1 is 0.798 bits per heavy atom. The van der Waals surface area contributed by atoms with E-state index < -0.39 is 193 Å². The Bertz CT molecular complexity index is 4020. The Morgan fingerprint density at radius 3 is 2.05 bits per heavy atom. The van der Waals surface area contributed by atoms with Crippen LogP contribution in [-0.2, 0) is 55.3 Å². The van der Waals surface area contributed by atoms with Crippen LogP contribution in [0.1, 0.15) is 129 Å². The zero-order chi connectivity index (χ0) is 71.6. The third-order valence-electron chi connectivity index (χ3n) is 19.3. The molecule has 11 bridgehead atoms. The van der Waals surface area contributed by atoms with Crippen molar-refractivity contribution in [3.8, 4) is 45.6 Å². The Labute approximate surface area is 578 Å². The van der Waals surface area contributed by atoms with Crippen LogP contribution in [0, 0.1) is 17.8 Å². The first-order valence-electron chi connectivity index (χ1n) is 32.4. The van der Waals surface area contributed by atoms with Crippen LogP contribution in [0.15, 0.2) is 91.0 Å². The number of hydrogen-bond acceptors (Lipinski definition) is 23. The van der Waals surface area contributed by atoms with E-state index >= 15 is 14.4 Å². The average Bonchev–Trinajstić information content (AvgIpc) is 1.58. The molecule has 99 heavy (non-hydrogen) atoms. The van der Waals surface area contributed by atoms with Crippen LogP contribution in [0.2, 0.25) is 10.0 Å². The Balaban J connectivity index is 1.15. The number of amides is 4. The fourth-order valence-corrected chi connectivity index (χ4v) is 14.4. The number of halogens is 2. The molecule has 17 atom stereocenters. The summed E-state index contributed by atoms with van der Waals surface area (Å²) in [5.74, 6) is -14.8. The molecule has 5 aromatic rings. The van der Waals surface area contributed by atoms with Crippen molar-refractivity contribution in [1.82, 2.24) is 21.3 Å². The van der Waals surface area contributed by atoms with E-state index in [0.717, 1.165) is 6.07 Å². The lowest BCUT2D eigenvalue weighted by Gasteiger charge is -2.47. The topological polar surface area (TPSA) is 440 Å². The van der Waals surface area contributed by atoms with Gasteiger partial charge < -0.3 is 107 Å². The van der Waals surface area contributed by atoms with Gasteiger partial charge >= 0.3 is 0 Å². The van der Waals surface area contributed by atoms with Gasteiger partial charge in [-0.2, -0.15) is 0 Å². The molecule has 530 valence electrons. The summed E-state index contributed by atoms with van der Waals surface area (Å²) in [6.07, 6.45) is -18.9. The van der Waals surface area contributed by atoms with Crippen LogP contribution in [0.3, 0.4) is 0 Å². The minimum absolute atomic E-state index is 0.00795. The lowest BCUT2D eigenvalue weighted by molar-refractivity contribution is -0.333. The van der Waals surface area contributed by atoms with Gasteiger partial charge in [0, 0.05) is 54.8 Å². The number of Topliss-reactive ketones (excluding diaryl/α,β-unsaturated/α-hetero) is 2. The number of carbonyl (C=O) groups excluding carboxylic acids is 6. The van der Waals surface area contributed by atoms with Gasteiger partial charge in [0.1, 0.15) is 53.5 Å². The highest BCUT2D eigenvalue weighted by Crippen LogP contribution is 2.53. The molecule has 0 saturated carbocycles. The van der Waals surface area contributed by atoms with Crippen LogP contribution in [0.5, 0.6) is 34.5 Å². The fourth-order valence-electron chi connectivity index (χ4n) is 13.9. The van der Waals surface area contributed by atoms with Crippen molar-refractivity contribution in [2.24, 2.45) is 29.2 Å². The summed E-state index contributed by atoms with van der Waals surface area (Å²) < 4.78 is 39.0. The van der Waals surface area contributed by atoms with Crippen molar-refractivity contribution in [2.45, 2.75) is 170 Å². The third-order valence-corrected chi connectivity index (χ3v) is 19.9. The quantitative estimate of drug-likeness (QED) is 0.0626. The highest BCUT2D eigenvalue weighted by atomic mass is 35.5. The molecule has 2 saturated heterocycles. The number of likely N-dealkylation sites (N-methyl/N-ethyl adjacent to an activating group) is 1. The molecule has 0 aromatic heterocycles. The van der Waals surface area contributed by atoms with E-state index in [4.69, 9.17) is 63.1 Å². The highest BCUT2D eigenvalue weighted by molar-refractivity contribution is 6.32. The number of phenolic OH excluding ortho intramolecular Hbond substituents is 1. The number of primary amides is 1. The van der Waals surface area contributed by atoms with E-state index in [9.17, 15) is 60.3 Å². The number of nitrogens with two attached hydrogens (primary N) is 2. The van der Waals surface area contributed by atoms with Gasteiger partial charge in [-0.25, -0.2) is 0 Å². The first-order valence-corrected chi connectivity index (χ1v) is 33.1. The molecule has 29 heteroatoms. The number of fused-ring (bicyclic) bond motifs is 12. The van der Waals surface area contributed by atoms with Gasteiger partial charge in [0.15, 0.2) is 29.7 Å². The zero-order valence-electron chi connectivity index (χ0n) is 54.5. The summed E-state index contributed by atoms with van der Waals surface area (Å²) in [4.78, 5) is 88.4. The number of aliphatic hydroxyl groups excluding tert-OH is 6. The molecular weight excluding hydrogens is 1330 g/mol. The SMILES string of the molecule is C=C1CC2C(=O)CC(C(=O)NCc3cc(O)cc4c3-c3cc2ccc3C4(O)O)C(O)c2ccc(c(Cl)c2)Oc2cc3cc(c2OC2OC(CO)C(O)C(O)C2OC2CC(C)(N)C(O)C(C)O2)Oc2ccc(cc2Cl)C(O)C(NC(=O)C(CC(C)C)NC)C(=O)CC(CC(N)=O)C(=O)NC13. The van der Waals surface area contributed by atoms with Crippen LogP contribution < -0.4 is 46.9 Å². The molecule has 5 aromatic carbocycles. The molecule has 8 aliphatic rings. The summed E-state index contributed by atoms with van der Waals surface area (Å²) in [6.45, 7) is 10.1. The first kappa shape index (κ1) is 72.6. The molecule has 2 fully saturated rings. The normalized spacial score (nSPS) is 30.2. The molecule has 27 nitrogen and oxygen atoms in total. The van der Waals surface area contributed by atoms with E-state index in [1.165, 1.54) is 80.7 Å². The number of aromatic hydroxyl groups is 1. The molecule has 1 aliphatic carbocycles. The molecule has 17 unspecified atom stereocenters. The minimum Gasteiger partial charge on any atom is -0.508 e. The number of phenols is 1. The highest BCUT2D eigenvalue weighted by Gasteiger charge is 2.52. The van der Waals surface area contributed by atoms with Gasteiger partial charge in [0.25, 0.3) is 0 Å². The second-order valence-electron chi connectivity index (χ2n) is 27.0. The van der Waals surface area contributed by atoms with Crippen LogP contribution >= 0.6 is 23.2 Å². The van der Waals surface area contributed by atoms with E-state index in [0.29, 0.717) is 0 Å². The van der Waals surface area contributed by atoms with E-state index in [-0.39, 0.29) is 108 Å². The smallest absolute Gasteiger partial charge is 0.237 e. The van der Waals surface area contributed by atoms with Crippen LogP contribution in [0.25, 0.3) is 11.1 Å². The number of carbonyl (C=O) groups is 6. The standard InChI is InChI=1S/C70H80Cl2N6O21/c1-28(2)13-45(75-6)67(91)78-57-47(82)19-35(22-53(73)83)65(89)77-56-29(3)14-38-31-7-10-41-39(16-31)55-36(15-37(80)23-42(55)70(41,92)93)26-76-66(90)40(24-46(38)81)58(84)32-8-11-48(43(71)17-32)95-50-20-34(56)21-51(96-49-12-9-33(59(57)85)18-44(49)72)62(50)99-68-63(61(87)60(86)52(27-79)97-68)98-54-25-69(5,74)64(88)30(4)94-54/h7-12,15-18,20-21,23,28,30,35,38,40,45,52,54,56-61,63-64,68,75,79-80,84-88,92-93H,3,13-14,19,22,24-27,74H2,1-2,4-6H3,(H2,73,83)(H,76,90)(H,77,89)(H,78,91). The first-order chi connectivity index (χ1) is 46.8. The number of hydrogen-bond donors (Lipinski definition) is 15. The van der Waals surface area contributed by atoms with Crippen molar-refractivity contribution in [3.05, 3.63) is 140 Å². The second kappa shape index (κ2) is 28.7. The van der Waals surface area contributed by atoms with Crippen molar-refractivity contribution in [1.29, 1.82) is 0 Å². The Kier molecular flexibility index (Phi) is 21.1. The van der Waals surface area contributed by atoms with Crippen molar-refractivity contribution < 1.29 is 103 Å². The molecular formula is C70H80Cl2N6O21. The number of rotatable bonds is 12. The predicted octanol–water partition coefficient (Wildman–Crippen LogP) is 3.62. The van der Waals surface area contributed by atoms with Gasteiger partial charge in [-0.15, -0.1) is 0 Å². The third kappa shape index (κ3) is 14.6. The maximum atomic E-state index is 15.7.